The van der Waals surface area contributed by atoms with Crippen molar-refractivity contribution in [3.8, 4) is 0 Å². The van der Waals surface area contributed by atoms with Crippen LogP contribution in [0.1, 0.15) is 135 Å². The highest BCUT2D eigenvalue weighted by molar-refractivity contribution is 5.70. The molecule has 0 N–H and O–H groups in total. The van der Waals surface area contributed by atoms with Crippen molar-refractivity contribution in [2.24, 2.45) is 0 Å². The van der Waals surface area contributed by atoms with Gasteiger partial charge in [-0.25, -0.2) is 4.57 Å². The second-order valence-corrected chi connectivity index (χ2v) is 10.8. The van der Waals surface area contributed by atoms with Crippen molar-refractivity contribution in [2.75, 3.05) is 18.0 Å². The first-order valence-electron chi connectivity index (χ1n) is 15.8. The molecule has 1 aromatic heterocycles. The molecule has 0 spiro atoms. The van der Waals surface area contributed by atoms with Gasteiger partial charge in [0.15, 0.2) is 12.4 Å². The van der Waals surface area contributed by atoms with Gasteiger partial charge in [0.2, 0.25) is 0 Å². The average Bonchev–Trinajstić information content (AvgIpc) is 2.94. The van der Waals surface area contributed by atoms with E-state index in [1.54, 1.807) is 0 Å². The number of hydrogen-bond acceptors (Lipinski definition) is 1. The molecular weight excluding hydrogens is 575 g/mol. The van der Waals surface area contributed by atoms with Crippen molar-refractivity contribution >= 4 is 17.8 Å². The van der Waals surface area contributed by atoms with E-state index in [1.807, 2.05) is 0 Å². The Morgan fingerprint density at radius 1 is 0.526 bits per heavy atom. The maximum absolute atomic E-state index is 2.66. The highest BCUT2D eigenvalue weighted by Gasteiger charge is 2.07. The Bertz CT molecular complexity index is 793. The third kappa shape index (κ3) is 15.9. The van der Waals surface area contributed by atoms with Crippen LogP contribution in [0.25, 0.3) is 12.2 Å². The van der Waals surface area contributed by atoms with E-state index in [1.165, 1.54) is 133 Å². The number of aromatic nitrogens is 1. The van der Waals surface area contributed by atoms with E-state index < -0.39 is 0 Å². The first-order valence-corrected chi connectivity index (χ1v) is 15.8. The van der Waals surface area contributed by atoms with Crippen LogP contribution in [0.3, 0.4) is 0 Å². The lowest BCUT2D eigenvalue weighted by molar-refractivity contribution is -0.693. The minimum Gasteiger partial charge on any atom is -1.00 e. The third-order valence-electron chi connectivity index (χ3n) is 7.57. The van der Waals surface area contributed by atoms with E-state index in [4.69, 9.17) is 0 Å². The van der Waals surface area contributed by atoms with Gasteiger partial charge in [0.05, 0.1) is 0 Å². The minimum absolute atomic E-state index is 0. The molecule has 2 aromatic rings. The van der Waals surface area contributed by atoms with Crippen LogP contribution in [0.4, 0.5) is 5.69 Å². The molecular formula is C35H57IN2. The van der Waals surface area contributed by atoms with Gasteiger partial charge in [-0.05, 0) is 43.0 Å². The number of hydrogen-bond donors (Lipinski definition) is 0. The van der Waals surface area contributed by atoms with E-state index in [0.717, 1.165) is 6.54 Å². The second kappa shape index (κ2) is 23.5. The van der Waals surface area contributed by atoms with Crippen LogP contribution in [0.5, 0.6) is 0 Å². The summed E-state index contributed by atoms with van der Waals surface area (Å²) >= 11 is 0. The third-order valence-corrected chi connectivity index (χ3v) is 7.57. The summed E-state index contributed by atoms with van der Waals surface area (Å²) in [4.78, 5) is 2.66. The highest BCUT2D eigenvalue weighted by atomic mass is 127. The molecule has 1 aromatic carbocycles. The van der Waals surface area contributed by atoms with Crippen LogP contribution >= 0.6 is 0 Å². The molecule has 0 saturated carbocycles. The lowest BCUT2D eigenvalue weighted by Gasteiger charge is -2.25. The SMILES string of the molecule is CCCCCCCCCCN(CCCCCCCCCC)c1ccc(C=Cc2cc[n+](CC)cc2)cc1.[I-]. The number of nitrogens with zero attached hydrogens (tertiary/aromatic N) is 2. The molecule has 0 aliphatic heterocycles. The zero-order valence-electron chi connectivity index (χ0n) is 25.0. The molecule has 1 heterocycles. The summed E-state index contributed by atoms with van der Waals surface area (Å²) in [5.74, 6) is 0. The van der Waals surface area contributed by atoms with E-state index in [-0.39, 0.29) is 24.0 Å². The lowest BCUT2D eigenvalue weighted by atomic mass is 10.1. The molecule has 2 rings (SSSR count). The Labute approximate surface area is 253 Å². The van der Waals surface area contributed by atoms with E-state index in [9.17, 15) is 0 Å². The Balaban J connectivity index is 0.00000722. The molecule has 3 heteroatoms. The molecule has 0 bridgehead atoms. The molecule has 0 unspecified atom stereocenters. The zero-order valence-corrected chi connectivity index (χ0v) is 27.1. The van der Waals surface area contributed by atoms with Crippen molar-refractivity contribution < 1.29 is 28.5 Å². The van der Waals surface area contributed by atoms with Crippen molar-refractivity contribution in [3.05, 3.63) is 59.9 Å². The Morgan fingerprint density at radius 3 is 1.34 bits per heavy atom. The van der Waals surface area contributed by atoms with Crippen LogP contribution in [0, 0.1) is 0 Å². The van der Waals surface area contributed by atoms with Crippen LogP contribution in [-0.4, -0.2) is 13.1 Å². The van der Waals surface area contributed by atoms with Crippen LogP contribution in [0.2, 0.25) is 0 Å². The van der Waals surface area contributed by atoms with E-state index in [2.05, 4.69) is 91.2 Å². The monoisotopic (exact) mass is 632 g/mol. The number of rotatable bonds is 22. The predicted octanol–water partition coefficient (Wildman–Crippen LogP) is 7.26. The molecule has 0 atom stereocenters. The molecule has 214 valence electrons. The fourth-order valence-corrected chi connectivity index (χ4v) is 5.02. The lowest BCUT2D eigenvalue weighted by Crippen LogP contribution is -3.00. The summed E-state index contributed by atoms with van der Waals surface area (Å²) in [5, 5.41) is 0. The molecule has 0 aliphatic carbocycles. The number of unbranched alkanes of at least 4 members (excludes halogenated alkanes) is 14. The van der Waals surface area contributed by atoms with Gasteiger partial charge in [0.25, 0.3) is 0 Å². The van der Waals surface area contributed by atoms with Gasteiger partial charge in [-0.3, -0.25) is 0 Å². The molecule has 0 radical (unpaired) electrons. The van der Waals surface area contributed by atoms with Crippen molar-refractivity contribution in [1.82, 2.24) is 0 Å². The molecule has 2 nitrogen and oxygen atoms in total. The molecule has 0 saturated heterocycles. The summed E-state index contributed by atoms with van der Waals surface area (Å²) in [6, 6.07) is 13.6. The van der Waals surface area contributed by atoms with Crippen molar-refractivity contribution in [1.29, 1.82) is 0 Å². The molecule has 38 heavy (non-hydrogen) atoms. The smallest absolute Gasteiger partial charge is 0.169 e. The topological polar surface area (TPSA) is 7.12 Å². The fraction of sp³-hybridized carbons (Fsp3) is 0.629. The van der Waals surface area contributed by atoms with Gasteiger partial charge in [-0.1, -0.05) is 128 Å². The fourth-order valence-electron chi connectivity index (χ4n) is 5.02. The van der Waals surface area contributed by atoms with Crippen LogP contribution in [-0.2, 0) is 6.54 Å². The summed E-state index contributed by atoms with van der Waals surface area (Å²) in [6.45, 7) is 10.2. The van der Waals surface area contributed by atoms with Gasteiger partial charge in [0, 0.05) is 30.9 Å². The summed E-state index contributed by atoms with van der Waals surface area (Å²) < 4.78 is 2.19. The normalized spacial score (nSPS) is 11.1. The summed E-state index contributed by atoms with van der Waals surface area (Å²) in [6.07, 6.45) is 30.9. The predicted molar refractivity (Wildman–Crippen MR) is 165 cm³/mol. The molecule has 0 fully saturated rings. The van der Waals surface area contributed by atoms with E-state index in [0.29, 0.717) is 0 Å². The van der Waals surface area contributed by atoms with Crippen molar-refractivity contribution in [2.45, 2.75) is 130 Å². The Kier molecular flexibility index (Phi) is 21.5. The first-order chi connectivity index (χ1) is 18.3. The molecule has 0 amide bonds. The maximum atomic E-state index is 2.66. The van der Waals surface area contributed by atoms with Gasteiger partial charge < -0.3 is 28.9 Å². The quantitative estimate of drug-likeness (QED) is 0.0754. The van der Waals surface area contributed by atoms with Crippen molar-refractivity contribution in [3.63, 3.8) is 0 Å². The number of benzene rings is 1. The van der Waals surface area contributed by atoms with Crippen LogP contribution < -0.4 is 33.4 Å². The Morgan fingerprint density at radius 2 is 0.921 bits per heavy atom. The number of anilines is 1. The first kappa shape index (κ1) is 34.7. The van der Waals surface area contributed by atoms with Crippen LogP contribution in [0.15, 0.2) is 48.8 Å². The van der Waals surface area contributed by atoms with Gasteiger partial charge in [0.1, 0.15) is 6.54 Å². The second-order valence-electron chi connectivity index (χ2n) is 10.8. The number of aryl methyl sites for hydroxylation is 1. The van der Waals surface area contributed by atoms with Gasteiger partial charge in [-0.15, -0.1) is 0 Å². The number of pyridine rings is 1. The summed E-state index contributed by atoms with van der Waals surface area (Å²) in [7, 11) is 0. The minimum atomic E-state index is 0. The Hall–Kier alpha value is -1.36. The van der Waals surface area contributed by atoms with Gasteiger partial charge in [-0.2, -0.15) is 0 Å². The highest BCUT2D eigenvalue weighted by Crippen LogP contribution is 2.20. The standard InChI is InChI=1S/C35H57N2.HI/c1-4-7-9-11-13-15-17-19-29-37(30-20-18-16-14-12-10-8-5-2)35-25-23-33(24-26-35)21-22-34-27-31-36(6-3)32-28-34;/h21-28,31-32H,4-20,29-30H2,1-3H3;1H/q+1;/p-1. The molecule has 0 aliphatic rings. The largest absolute Gasteiger partial charge is 1.00 e. The van der Waals surface area contributed by atoms with Gasteiger partial charge >= 0.3 is 0 Å². The zero-order chi connectivity index (χ0) is 26.4. The summed E-state index contributed by atoms with van der Waals surface area (Å²) in [5.41, 5.74) is 3.92. The maximum Gasteiger partial charge on any atom is 0.169 e. The number of halogens is 1. The van der Waals surface area contributed by atoms with E-state index >= 15 is 0 Å². The average molecular weight is 633 g/mol.